The number of anilines is 1. The molecule has 1 aromatic rings. The van der Waals surface area contributed by atoms with E-state index < -0.39 is 0 Å². The topological polar surface area (TPSA) is 58.6 Å². The average Bonchev–Trinajstić information content (AvgIpc) is 3.45. The van der Waals surface area contributed by atoms with Crippen LogP contribution >= 0.6 is 11.8 Å². The predicted octanol–water partition coefficient (Wildman–Crippen LogP) is 4.22. The number of carbonyl (C=O) groups is 2. The van der Waals surface area contributed by atoms with E-state index in [0.29, 0.717) is 5.25 Å². The normalized spacial score (nSPS) is 23.4. The standard InChI is InChI=1S/C23H32N2O3S/c26-22(21-9-4-12-25(21)23(27)18-6-1-2-7-18)24-19-8-3-5-17(15-19)16-29-20-10-13-28-14-11-20/h3,5,8,15,18,20-21H,1-2,4,6-7,9-14,16H2,(H,24,26). The number of amides is 2. The molecule has 0 spiro atoms. The van der Waals surface area contributed by atoms with E-state index in [2.05, 4.69) is 17.4 Å². The number of ether oxygens (including phenoxy) is 1. The number of rotatable bonds is 6. The minimum atomic E-state index is -0.316. The summed E-state index contributed by atoms with van der Waals surface area (Å²) in [7, 11) is 0. The van der Waals surface area contributed by atoms with E-state index in [-0.39, 0.29) is 23.8 Å². The third-order valence-corrected chi connectivity index (χ3v) is 7.83. The van der Waals surface area contributed by atoms with Crippen LogP contribution in [-0.4, -0.2) is 47.8 Å². The molecule has 1 atom stereocenters. The zero-order chi connectivity index (χ0) is 20.1. The van der Waals surface area contributed by atoms with Gasteiger partial charge in [0.25, 0.3) is 0 Å². The first-order chi connectivity index (χ1) is 14.2. The summed E-state index contributed by atoms with van der Waals surface area (Å²) in [5, 5.41) is 3.74. The van der Waals surface area contributed by atoms with Crippen molar-refractivity contribution in [3.05, 3.63) is 29.8 Å². The molecule has 0 aromatic heterocycles. The Hall–Kier alpha value is -1.53. The Balaban J connectivity index is 1.33. The van der Waals surface area contributed by atoms with Crippen LogP contribution in [-0.2, 0) is 20.1 Å². The summed E-state index contributed by atoms with van der Waals surface area (Å²) in [6.07, 6.45) is 8.16. The van der Waals surface area contributed by atoms with E-state index >= 15 is 0 Å². The molecule has 6 heteroatoms. The molecule has 3 fully saturated rings. The molecule has 1 unspecified atom stereocenters. The van der Waals surface area contributed by atoms with Crippen molar-refractivity contribution in [3.63, 3.8) is 0 Å². The van der Waals surface area contributed by atoms with Gasteiger partial charge in [-0.3, -0.25) is 9.59 Å². The number of carbonyl (C=O) groups excluding carboxylic acids is 2. The Labute approximate surface area is 177 Å². The summed E-state index contributed by atoms with van der Waals surface area (Å²) in [6, 6.07) is 7.82. The maximum absolute atomic E-state index is 12.9. The van der Waals surface area contributed by atoms with E-state index in [9.17, 15) is 9.59 Å². The minimum absolute atomic E-state index is 0.0388. The molecule has 5 nitrogen and oxygen atoms in total. The highest BCUT2D eigenvalue weighted by atomic mass is 32.2. The second kappa shape index (κ2) is 9.98. The molecule has 2 amide bonds. The van der Waals surface area contributed by atoms with Crippen LogP contribution in [0.1, 0.15) is 56.9 Å². The molecule has 1 N–H and O–H groups in total. The molecule has 1 saturated carbocycles. The van der Waals surface area contributed by atoms with Gasteiger partial charge in [0.1, 0.15) is 6.04 Å². The molecular formula is C23H32N2O3S. The lowest BCUT2D eigenvalue weighted by molar-refractivity contribution is -0.140. The lowest BCUT2D eigenvalue weighted by Gasteiger charge is -2.26. The zero-order valence-corrected chi connectivity index (χ0v) is 17.9. The van der Waals surface area contributed by atoms with Crippen LogP contribution < -0.4 is 5.32 Å². The van der Waals surface area contributed by atoms with Gasteiger partial charge < -0.3 is 15.0 Å². The first-order valence-corrected chi connectivity index (χ1v) is 12.2. The van der Waals surface area contributed by atoms with Crippen molar-refractivity contribution >= 4 is 29.3 Å². The van der Waals surface area contributed by atoms with Crippen molar-refractivity contribution in [3.8, 4) is 0 Å². The van der Waals surface area contributed by atoms with Gasteiger partial charge in [0, 0.05) is 42.4 Å². The summed E-state index contributed by atoms with van der Waals surface area (Å²) < 4.78 is 5.43. The van der Waals surface area contributed by atoms with Crippen LogP contribution in [0.4, 0.5) is 5.69 Å². The van der Waals surface area contributed by atoms with Crippen LogP contribution in [0.2, 0.25) is 0 Å². The van der Waals surface area contributed by atoms with Gasteiger partial charge in [-0.05, 0) is 56.2 Å². The number of thioether (sulfide) groups is 1. The lowest BCUT2D eigenvalue weighted by Crippen LogP contribution is -2.45. The van der Waals surface area contributed by atoms with Crippen molar-refractivity contribution in [1.29, 1.82) is 0 Å². The van der Waals surface area contributed by atoms with Crippen molar-refractivity contribution < 1.29 is 14.3 Å². The van der Waals surface area contributed by atoms with Gasteiger partial charge in [0.2, 0.25) is 11.8 Å². The molecule has 1 aromatic carbocycles. The van der Waals surface area contributed by atoms with Crippen LogP contribution in [0.5, 0.6) is 0 Å². The fourth-order valence-corrected chi connectivity index (χ4v) is 5.86. The van der Waals surface area contributed by atoms with Gasteiger partial charge in [-0.2, -0.15) is 11.8 Å². The maximum atomic E-state index is 12.9. The molecule has 158 valence electrons. The molecule has 2 heterocycles. The van der Waals surface area contributed by atoms with Crippen molar-refractivity contribution in [2.75, 3.05) is 25.1 Å². The number of likely N-dealkylation sites (tertiary alicyclic amines) is 1. The predicted molar refractivity (Wildman–Crippen MR) is 117 cm³/mol. The highest BCUT2D eigenvalue weighted by molar-refractivity contribution is 7.99. The SMILES string of the molecule is O=C(Nc1cccc(CSC2CCOCC2)c1)C1CCCN1C(=O)C1CCCC1. The fourth-order valence-electron chi connectivity index (χ4n) is 4.73. The first-order valence-electron chi connectivity index (χ1n) is 11.1. The molecule has 4 rings (SSSR count). The molecule has 0 radical (unpaired) electrons. The Kier molecular flexibility index (Phi) is 7.14. The van der Waals surface area contributed by atoms with Crippen molar-refractivity contribution in [1.82, 2.24) is 4.90 Å². The molecule has 2 saturated heterocycles. The smallest absolute Gasteiger partial charge is 0.247 e. The Morgan fingerprint density at radius 2 is 1.86 bits per heavy atom. The summed E-state index contributed by atoms with van der Waals surface area (Å²) >= 11 is 1.98. The molecule has 1 aliphatic carbocycles. The summed E-state index contributed by atoms with van der Waals surface area (Å²) in [5.41, 5.74) is 2.06. The van der Waals surface area contributed by atoms with E-state index in [0.717, 1.165) is 82.6 Å². The average molecular weight is 417 g/mol. The second-order valence-corrected chi connectivity index (χ2v) is 9.77. The maximum Gasteiger partial charge on any atom is 0.247 e. The Morgan fingerprint density at radius 3 is 2.66 bits per heavy atom. The van der Waals surface area contributed by atoms with Crippen LogP contribution in [0.3, 0.4) is 0 Å². The van der Waals surface area contributed by atoms with Gasteiger partial charge in [-0.25, -0.2) is 0 Å². The summed E-state index contributed by atoms with van der Waals surface area (Å²) in [4.78, 5) is 27.6. The molecular weight excluding hydrogens is 384 g/mol. The Morgan fingerprint density at radius 1 is 1.07 bits per heavy atom. The summed E-state index contributed by atoms with van der Waals surface area (Å²) in [6.45, 7) is 2.45. The van der Waals surface area contributed by atoms with E-state index in [4.69, 9.17) is 4.74 Å². The molecule has 2 aliphatic heterocycles. The van der Waals surface area contributed by atoms with E-state index in [1.807, 2.05) is 28.8 Å². The number of nitrogens with zero attached hydrogens (tertiary/aromatic N) is 1. The molecule has 0 bridgehead atoms. The highest BCUT2D eigenvalue weighted by Gasteiger charge is 2.37. The molecule has 29 heavy (non-hydrogen) atoms. The van der Waals surface area contributed by atoms with E-state index in [1.165, 1.54) is 5.56 Å². The quantitative estimate of drug-likeness (QED) is 0.754. The number of nitrogens with one attached hydrogen (secondary N) is 1. The van der Waals surface area contributed by atoms with Gasteiger partial charge in [0.05, 0.1) is 0 Å². The van der Waals surface area contributed by atoms with E-state index in [1.54, 1.807) is 0 Å². The molecule has 3 aliphatic rings. The summed E-state index contributed by atoms with van der Waals surface area (Å²) in [5.74, 6) is 1.24. The largest absolute Gasteiger partial charge is 0.381 e. The number of hydrogen-bond donors (Lipinski definition) is 1. The van der Waals surface area contributed by atoms with Gasteiger partial charge in [0.15, 0.2) is 0 Å². The van der Waals surface area contributed by atoms with Crippen molar-refractivity contribution in [2.45, 2.75) is 68.4 Å². The van der Waals surface area contributed by atoms with Crippen LogP contribution in [0, 0.1) is 5.92 Å². The zero-order valence-electron chi connectivity index (χ0n) is 17.1. The highest BCUT2D eigenvalue weighted by Crippen LogP contribution is 2.30. The lowest BCUT2D eigenvalue weighted by atomic mass is 10.1. The van der Waals surface area contributed by atoms with Gasteiger partial charge in [-0.1, -0.05) is 25.0 Å². The third-order valence-electron chi connectivity index (χ3n) is 6.39. The Bertz CT molecular complexity index is 714. The fraction of sp³-hybridized carbons (Fsp3) is 0.652. The van der Waals surface area contributed by atoms with Gasteiger partial charge in [-0.15, -0.1) is 0 Å². The number of hydrogen-bond acceptors (Lipinski definition) is 4. The first kappa shape index (κ1) is 20.7. The minimum Gasteiger partial charge on any atom is -0.381 e. The monoisotopic (exact) mass is 416 g/mol. The third kappa shape index (κ3) is 5.34. The second-order valence-electron chi connectivity index (χ2n) is 8.48. The van der Waals surface area contributed by atoms with Gasteiger partial charge >= 0.3 is 0 Å². The number of benzene rings is 1. The van der Waals surface area contributed by atoms with Crippen molar-refractivity contribution in [2.24, 2.45) is 5.92 Å². The van der Waals surface area contributed by atoms with Crippen LogP contribution in [0.25, 0.3) is 0 Å². The van der Waals surface area contributed by atoms with Crippen LogP contribution in [0.15, 0.2) is 24.3 Å².